The summed E-state index contributed by atoms with van der Waals surface area (Å²) < 4.78 is 0. The summed E-state index contributed by atoms with van der Waals surface area (Å²) in [6, 6.07) is 2.64. The predicted molar refractivity (Wildman–Crippen MR) is 84.5 cm³/mol. The molecule has 1 fully saturated rings. The lowest BCUT2D eigenvalue weighted by Crippen LogP contribution is -2.42. The molecule has 20 heavy (non-hydrogen) atoms. The molecule has 1 aromatic heterocycles. The van der Waals surface area contributed by atoms with Crippen molar-refractivity contribution in [2.24, 2.45) is 0 Å². The molecule has 0 aliphatic carbocycles. The Labute approximate surface area is 122 Å². The van der Waals surface area contributed by atoms with Crippen molar-refractivity contribution in [1.29, 1.82) is 0 Å². The lowest BCUT2D eigenvalue weighted by Gasteiger charge is -2.35. The van der Waals surface area contributed by atoms with Crippen molar-refractivity contribution < 1.29 is 0 Å². The van der Waals surface area contributed by atoms with Crippen LogP contribution in [-0.4, -0.2) is 55.1 Å². The Morgan fingerprint density at radius 3 is 2.65 bits per heavy atom. The maximum absolute atomic E-state index is 4.73. The molecular weight excluding hydrogens is 250 g/mol. The van der Waals surface area contributed by atoms with Crippen LogP contribution >= 0.6 is 0 Å². The van der Waals surface area contributed by atoms with Crippen LogP contribution in [0, 0.1) is 0 Å². The summed E-state index contributed by atoms with van der Waals surface area (Å²) in [6.07, 6.45) is 4.41. The number of aromatic nitrogens is 2. The van der Waals surface area contributed by atoms with Crippen LogP contribution in [-0.2, 0) is 6.42 Å². The lowest BCUT2D eigenvalue weighted by molar-refractivity contribution is 0.252. The molecule has 0 amide bonds. The minimum Gasteiger partial charge on any atom is -0.373 e. The van der Waals surface area contributed by atoms with E-state index in [1.54, 1.807) is 0 Å². The summed E-state index contributed by atoms with van der Waals surface area (Å²) in [5.74, 6) is 2.90. The molecule has 5 heteroatoms. The smallest absolute Gasteiger partial charge is 0.134 e. The Balaban J connectivity index is 2.15. The molecule has 1 aliphatic rings. The molecule has 0 radical (unpaired) electrons. The van der Waals surface area contributed by atoms with Crippen molar-refractivity contribution in [3.8, 4) is 0 Å². The fraction of sp³-hybridized carbons (Fsp3) is 0.733. The van der Waals surface area contributed by atoms with Crippen molar-refractivity contribution in [3.63, 3.8) is 0 Å². The van der Waals surface area contributed by atoms with E-state index in [0.717, 1.165) is 30.3 Å². The zero-order valence-corrected chi connectivity index (χ0v) is 13.2. The summed E-state index contributed by atoms with van der Waals surface area (Å²) in [7, 11) is 6.27. The summed E-state index contributed by atoms with van der Waals surface area (Å²) in [5, 5.41) is 3.15. The number of hydrogen-bond donors (Lipinski definition) is 1. The highest BCUT2D eigenvalue weighted by Crippen LogP contribution is 2.22. The normalized spacial score (nSPS) is 17.2. The van der Waals surface area contributed by atoms with Crippen LogP contribution in [0.5, 0.6) is 0 Å². The van der Waals surface area contributed by atoms with Gasteiger partial charge < -0.3 is 15.1 Å². The zero-order valence-electron chi connectivity index (χ0n) is 13.2. The predicted octanol–water partition coefficient (Wildman–Crippen LogP) is 2.00. The summed E-state index contributed by atoms with van der Waals surface area (Å²) in [4.78, 5) is 14.0. The van der Waals surface area contributed by atoms with Crippen molar-refractivity contribution in [3.05, 3.63) is 11.9 Å². The second kappa shape index (κ2) is 6.88. The molecule has 2 rings (SSSR count). The topological polar surface area (TPSA) is 44.3 Å². The standard InChI is InChI=1S/C15H27N5/c1-5-6-13-17-14(16-2)11-15(18-13)20(4)12-7-9-19(3)10-8-12/h11-12H,5-10H2,1-4H3,(H,16,17,18). The number of nitrogens with one attached hydrogen (secondary N) is 1. The van der Waals surface area contributed by atoms with E-state index in [1.165, 1.54) is 25.9 Å². The lowest BCUT2D eigenvalue weighted by atomic mass is 10.0. The molecule has 1 saturated heterocycles. The quantitative estimate of drug-likeness (QED) is 0.892. The second-order valence-electron chi connectivity index (χ2n) is 5.67. The van der Waals surface area contributed by atoms with Crippen molar-refractivity contribution in [2.45, 2.75) is 38.6 Å². The van der Waals surface area contributed by atoms with Crippen molar-refractivity contribution >= 4 is 11.6 Å². The zero-order chi connectivity index (χ0) is 14.5. The monoisotopic (exact) mass is 277 g/mol. The first-order chi connectivity index (χ1) is 9.63. The molecule has 0 aromatic carbocycles. The summed E-state index contributed by atoms with van der Waals surface area (Å²) in [5.41, 5.74) is 0. The van der Waals surface area contributed by atoms with E-state index < -0.39 is 0 Å². The van der Waals surface area contributed by atoms with Gasteiger partial charge in [0.05, 0.1) is 0 Å². The number of rotatable bonds is 5. The first-order valence-corrected chi connectivity index (χ1v) is 7.61. The van der Waals surface area contributed by atoms with Gasteiger partial charge in [-0.3, -0.25) is 0 Å². The minimum atomic E-state index is 0.584. The van der Waals surface area contributed by atoms with E-state index in [0.29, 0.717) is 6.04 Å². The second-order valence-corrected chi connectivity index (χ2v) is 5.67. The average Bonchev–Trinajstić information content (AvgIpc) is 2.47. The fourth-order valence-corrected chi connectivity index (χ4v) is 2.70. The minimum absolute atomic E-state index is 0.584. The highest BCUT2D eigenvalue weighted by molar-refractivity contribution is 5.49. The van der Waals surface area contributed by atoms with Crippen LogP contribution in [0.1, 0.15) is 32.0 Å². The van der Waals surface area contributed by atoms with Crippen LogP contribution in [0.15, 0.2) is 6.07 Å². The van der Waals surface area contributed by atoms with Gasteiger partial charge in [0.25, 0.3) is 0 Å². The summed E-state index contributed by atoms with van der Waals surface area (Å²) in [6.45, 7) is 4.50. The molecular formula is C15H27N5. The first-order valence-electron chi connectivity index (χ1n) is 7.61. The van der Waals surface area contributed by atoms with Crippen LogP contribution in [0.4, 0.5) is 11.6 Å². The van der Waals surface area contributed by atoms with E-state index in [-0.39, 0.29) is 0 Å². The molecule has 0 unspecified atom stereocenters. The highest BCUT2D eigenvalue weighted by Gasteiger charge is 2.22. The number of anilines is 2. The van der Waals surface area contributed by atoms with Gasteiger partial charge in [0, 0.05) is 32.6 Å². The van der Waals surface area contributed by atoms with Gasteiger partial charge in [-0.25, -0.2) is 9.97 Å². The Hall–Kier alpha value is -1.36. The van der Waals surface area contributed by atoms with Crippen LogP contribution in [0.25, 0.3) is 0 Å². The van der Waals surface area contributed by atoms with E-state index in [2.05, 4.69) is 47.2 Å². The Morgan fingerprint density at radius 2 is 2.05 bits per heavy atom. The molecule has 0 bridgehead atoms. The van der Waals surface area contributed by atoms with Crippen molar-refractivity contribution in [2.75, 3.05) is 44.4 Å². The number of aryl methyl sites for hydroxylation is 1. The fourth-order valence-electron chi connectivity index (χ4n) is 2.70. The molecule has 112 valence electrons. The molecule has 1 aromatic rings. The first kappa shape index (κ1) is 15.0. The van der Waals surface area contributed by atoms with Crippen LogP contribution in [0.3, 0.4) is 0 Å². The Kier molecular flexibility index (Phi) is 5.17. The summed E-state index contributed by atoms with van der Waals surface area (Å²) >= 11 is 0. The third-order valence-corrected chi connectivity index (χ3v) is 4.09. The number of likely N-dealkylation sites (tertiary alicyclic amines) is 1. The van der Waals surface area contributed by atoms with Gasteiger partial charge in [-0.15, -0.1) is 0 Å². The molecule has 0 atom stereocenters. The maximum Gasteiger partial charge on any atom is 0.134 e. The Bertz CT molecular complexity index is 426. The maximum atomic E-state index is 4.73. The van der Waals surface area contributed by atoms with E-state index in [1.807, 2.05) is 7.05 Å². The molecule has 0 saturated carbocycles. The average molecular weight is 277 g/mol. The largest absolute Gasteiger partial charge is 0.373 e. The highest BCUT2D eigenvalue weighted by atomic mass is 15.2. The van der Waals surface area contributed by atoms with E-state index >= 15 is 0 Å². The van der Waals surface area contributed by atoms with Gasteiger partial charge in [-0.05, 0) is 39.4 Å². The Morgan fingerprint density at radius 1 is 1.35 bits per heavy atom. The number of nitrogens with zero attached hydrogens (tertiary/aromatic N) is 4. The van der Waals surface area contributed by atoms with Crippen LogP contribution < -0.4 is 10.2 Å². The molecule has 1 aliphatic heterocycles. The van der Waals surface area contributed by atoms with Crippen molar-refractivity contribution in [1.82, 2.24) is 14.9 Å². The van der Waals surface area contributed by atoms with Gasteiger partial charge >= 0.3 is 0 Å². The third kappa shape index (κ3) is 3.60. The number of piperidine rings is 1. The van der Waals surface area contributed by atoms with Crippen LogP contribution in [0.2, 0.25) is 0 Å². The van der Waals surface area contributed by atoms with Gasteiger partial charge in [0.1, 0.15) is 17.5 Å². The van der Waals surface area contributed by atoms with Gasteiger partial charge in [-0.1, -0.05) is 6.92 Å². The number of hydrogen-bond acceptors (Lipinski definition) is 5. The molecule has 2 heterocycles. The van der Waals surface area contributed by atoms with Gasteiger partial charge in [-0.2, -0.15) is 0 Å². The third-order valence-electron chi connectivity index (χ3n) is 4.09. The molecule has 5 nitrogen and oxygen atoms in total. The SMILES string of the molecule is CCCc1nc(NC)cc(N(C)C2CCN(C)CC2)n1. The molecule has 0 spiro atoms. The van der Waals surface area contributed by atoms with E-state index in [9.17, 15) is 0 Å². The van der Waals surface area contributed by atoms with Gasteiger partial charge in [0.15, 0.2) is 0 Å². The molecule has 1 N–H and O–H groups in total. The van der Waals surface area contributed by atoms with E-state index in [4.69, 9.17) is 4.98 Å². The van der Waals surface area contributed by atoms with Gasteiger partial charge in [0.2, 0.25) is 0 Å².